The van der Waals surface area contributed by atoms with Gasteiger partial charge >= 0.3 is 0 Å². The molecular formula is C25H27ClN6O4S. The average Bonchev–Trinajstić information content (AvgIpc) is 3.77. The fourth-order valence-electron chi connectivity index (χ4n) is 3.67. The van der Waals surface area contributed by atoms with Crippen LogP contribution >= 0.6 is 23.4 Å². The van der Waals surface area contributed by atoms with Crippen molar-refractivity contribution < 1.29 is 19.1 Å². The van der Waals surface area contributed by atoms with Crippen LogP contribution in [0.15, 0.2) is 41.4 Å². The highest BCUT2D eigenvalue weighted by Crippen LogP contribution is 2.36. The van der Waals surface area contributed by atoms with Crippen molar-refractivity contribution >= 4 is 52.5 Å². The highest BCUT2D eigenvalue weighted by atomic mass is 35.5. The molecule has 1 aliphatic rings. The monoisotopic (exact) mass is 542 g/mol. The summed E-state index contributed by atoms with van der Waals surface area (Å²) in [5.41, 5.74) is 1.19. The maximum absolute atomic E-state index is 13.4. The van der Waals surface area contributed by atoms with E-state index in [1.807, 2.05) is 12.3 Å². The Kier molecular flexibility index (Phi) is 8.34. The number of ether oxygens (including phenoxy) is 2. The van der Waals surface area contributed by atoms with E-state index in [9.17, 15) is 9.59 Å². The molecule has 1 aliphatic carbocycles. The topological polar surface area (TPSA) is 119 Å². The van der Waals surface area contributed by atoms with Gasteiger partial charge < -0.3 is 20.1 Å². The molecule has 2 heterocycles. The number of hydrogen-bond acceptors (Lipinski definition) is 9. The smallest absolute Gasteiger partial charge is 0.273 e. The van der Waals surface area contributed by atoms with E-state index in [1.54, 1.807) is 43.4 Å². The molecule has 1 saturated carbocycles. The van der Waals surface area contributed by atoms with E-state index in [1.165, 1.54) is 25.0 Å². The third-order valence-electron chi connectivity index (χ3n) is 5.81. The van der Waals surface area contributed by atoms with Crippen molar-refractivity contribution in [3.05, 3.63) is 52.8 Å². The molecule has 0 atom stereocenters. The van der Waals surface area contributed by atoms with Gasteiger partial charge in [-0.05, 0) is 37.3 Å². The van der Waals surface area contributed by atoms with Crippen molar-refractivity contribution in [1.82, 2.24) is 20.5 Å². The molecule has 37 heavy (non-hydrogen) atoms. The number of carbonyl (C=O) groups excluding carboxylic acids is 2. The second kappa shape index (κ2) is 11.7. The van der Waals surface area contributed by atoms with Gasteiger partial charge in [0.1, 0.15) is 17.3 Å². The van der Waals surface area contributed by atoms with Gasteiger partial charge in [0.15, 0.2) is 11.5 Å². The number of hydrogen-bond donors (Lipinski definition) is 2. The Labute approximate surface area is 224 Å². The fourth-order valence-corrected chi connectivity index (χ4v) is 4.43. The number of halogens is 1. The highest BCUT2D eigenvalue weighted by molar-refractivity contribution is 7.98. The van der Waals surface area contributed by atoms with Gasteiger partial charge in [-0.15, -0.1) is 22.0 Å². The summed E-state index contributed by atoms with van der Waals surface area (Å²) in [5.74, 6) is 1.43. The van der Waals surface area contributed by atoms with Crippen LogP contribution in [0.25, 0.3) is 0 Å². The number of methoxy groups -OCH3 is 2. The molecule has 10 nitrogen and oxygen atoms in total. The predicted molar refractivity (Wildman–Crippen MR) is 143 cm³/mol. The van der Waals surface area contributed by atoms with Crippen molar-refractivity contribution in [3.8, 4) is 11.5 Å². The van der Waals surface area contributed by atoms with Crippen LogP contribution in [0, 0.1) is 5.92 Å². The highest BCUT2D eigenvalue weighted by Gasteiger charge is 2.35. The van der Waals surface area contributed by atoms with Gasteiger partial charge in [0.05, 0.1) is 36.4 Å². The Hall–Kier alpha value is -3.57. The number of rotatable bonds is 10. The zero-order valence-electron chi connectivity index (χ0n) is 20.9. The molecule has 2 N–H and O–H groups in total. The minimum Gasteiger partial charge on any atom is -0.497 e. The van der Waals surface area contributed by atoms with Crippen molar-refractivity contribution in [2.45, 2.75) is 24.3 Å². The first kappa shape index (κ1) is 26.5. The van der Waals surface area contributed by atoms with Crippen LogP contribution in [0.5, 0.6) is 11.5 Å². The van der Waals surface area contributed by atoms with E-state index >= 15 is 0 Å². The number of carbonyl (C=O) groups is 2. The number of nitrogens with one attached hydrogen (secondary N) is 2. The van der Waals surface area contributed by atoms with Crippen LogP contribution in [0.4, 0.5) is 17.3 Å². The van der Waals surface area contributed by atoms with Crippen molar-refractivity contribution in [1.29, 1.82) is 0 Å². The molecule has 0 bridgehead atoms. The van der Waals surface area contributed by atoms with Crippen LogP contribution in [0.2, 0.25) is 5.02 Å². The molecule has 2 amide bonds. The maximum atomic E-state index is 13.4. The van der Waals surface area contributed by atoms with E-state index in [0.717, 1.165) is 23.3 Å². The van der Waals surface area contributed by atoms with E-state index in [2.05, 4.69) is 25.8 Å². The van der Waals surface area contributed by atoms with Gasteiger partial charge in [-0.3, -0.25) is 14.5 Å². The summed E-state index contributed by atoms with van der Waals surface area (Å²) in [4.78, 5) is 32.7. The summed E-state index contributed by atoms with van der Waals surface area (Å²) in [6, 6.07) is 8.82. The van der Waals surface area contributed by atoms with Crippen molar-refractivity contribution in [2.24, 2.45) is 5.92 Å². The number of benzene rings is 1. The molecule has 0 aliphatic heterocycles. The van der Waals surface area contributed by atoms with Crippen LogP contribution < -0.4 is 25.0 Å². The van der Waals surface area contributed by atoms with Gasteiger partial charge in [0.25, 0.3) is 5.91 Å². The second-order valence-electron chi connectivity index (χ2n) is 8.25. The third kappa shape index (κ3) is 6.05. The van der Waals surface area contributed by atoms with E-state index < -0.39 is 5.91 Å². The van der Waals surface area contributed by atoms with Gasteiger partial charge in [-0.1, -0.05) is 11.6 Å². The average molecular weight is 543 g/mol. The summed E-state index contributed by atoms with van der Waals surface area (Å²) >= 11 is 7.56. The first-order chi connectivity index (χ1) is 17.9. The van der Waals surface area contributed by atoms with Gasteiger partial charge in [-0.2, -0.15) is 0 Å². The first-order valence-corrected chi connectivity index (χ1v) is 13.1. The predicted octanol–water partition coefficient (Wildman–Crippen LogP) is 4.31. The minimum absolute atomic E-state index is 0.0657. The number of amides is 2. The zero-order valence-corrected chi connectivity index (χ0v) is 22.4. The Morgan fingerprint density at radius 1 is 1.16 bits per heavy atom. The Morgan fingerprint density at radius 2 is 1.95 bits per heavy atom. The summed E-state index contributed by atoms with van der Waals surface area (Å²) in [6.45, 7) is 0.200. The standard InChI is InChI=1S/C25H27ClN6O4S/c1-27-24(33)22-18(29-23-20(37-4)9-16(26)12-28-23)11-21(30-31-22)32(25(34)14-5-6-14)13-15-7-8-17(35-2)10-19(15)36-3/h7-12,14H,5-6,13H2,1-4H3,(H,27,33)(H,28,29,30). The Balaban J connectivity index is 1.76. The molecule has 12 heteroatoms. The molecule has 0 saturated heterocycles. The summed E-state index contributed by atoms with van der Waals surface area (Å²) < 4.78 is 10.8. The van der Waals surface area contributed by atoms with Gasteiger partial charge in [-0.25, -0.2) is 4.98 Å². The zero-order chi connectivity index (χ0) is 26.5. The molecule has 0 radical (unpaired) electrons. The largest absolute Gasteiger partial charge is 0.497 e. The lowest BCUT2D eigenvalue weighted by Crippen LogP contribution is -2.33. The molecule has 2 aromatic heterocycles. The normalized spacial score (nSPS) is 12.6. The molecule has 0 unspecified atom stereocenters. The maximum Gasteiger partial charge on any atom is 0.273 e. The number of pyridine rings is 1. The number of anilines is 3. The van der Waals surface area contributed by atoms with Gasteiger partial charge in [0, 0.05) is 36.9 Å². The number of nitrogens with zero attached hydrogens (tertiary/aromatic N) is 4. The van der Waals surface area contributed by atoms with Gasteiger partial charge in [0.2, 0.25) is 5.91 Å². The van der Waals surface area contributed by atoms with Crippen LogP contribution in [0.1, 0.15) is 28.9 Å². The number of thioether (sulfide) groups is 1. The lowest BCUT2D eigenvalue weighted by molar-refractivity contribution is -0.119. The quantitative estimate of drug-likeness (QED) is 0.361. The Bertz CT molecular complexity index is 1320. The lowest BCUT2D eigenvalue weighted by Gasteiger charge is -2.24. The lowest BCUT2D eigenvalue weighted by atomic mass is 10.1. The molecule has 1 fully saturated rings. The van der Waals surface area contributed by atoms with E-state index in [4.69, 9.17) is 21.1 Å². The first-order valence-electron chi connectivity index (χ1n) is 11.5. The van der Waals surface area contributed by atoms with E-state index in [-0.39, 0.29) is 24.1 Å². The molecular weight excluding hydrogens is 516 g/mol. The minimum atomic E-state index is -0.432. The van der Waals surface area contributed by atoms with Crippen molar-refractivity contribution in [2.75, 3.05) is 37.7 Å². The summed E-state index contributed by atoms with van der Waals surface area (Å²) in [6.07, 6.45) is 5.04. The van der Waals surface area contributed by atoms with Crippen LogP contribution in [-0.4, -0.2) is 54.5 Å². The third-order valence-corrected chi connectivity index (χ3v) is 6.77. The summed E-state index contributed by atoms with van der Waals surface area (Å²) in [7, 11) is 4.65. The fraction of sp³-hybridized carbons (Fsp3) is 0.320. The molecule has 0 spiro atoms. The van der Waals surface area contributed by atoms with Crippen molar-refractivity contribution in [3.63, 3.8) is 0 Å². The molecule has 4 rings (SSSR count). The molecule has 194 valence electrons. The summed E-state index contributed by atoms with van der Waals surface area (Å²) in [5, 5.41) is 14.7. The SMILES string of the molecule is CNC(=O)c1nnc(N(Cc2ccc(OC)cc2OC)C(=O)C2CC2)cc1Nc1ncc(Cl)cc1SC. The van der Waals surface area contributed by atoms with E-state index in [0.29, 0.717) is 33.8 Å². The van der Waals surface area contributed by atoms with Crippen LogP contribution in [-0.2, 0) is 11.3 Å². The second-order valence-corrected chi connectivity index (χ2v) is 9.53. The van der Waals surface area contributed by atoms with Crippen LogP contribution in [0.3, 0.4) is 0 Å². The number of aromatic nitrogens is 3. The molecule has 1 aromatic carbocycles. The Morgan fingerprint density at radius 3 is 2.59 bits per heavy atom. The molecule has 3 aromatic rings.